The summed E-state index contributed by atoms with van der Waals surface area (Å²) < 4.78 is 33.8. The van der Waals surface area contributed by atoms with Crippen molar-refractivity contribution < 1.29 is 18.3 Å². The summed E-state index contributed by atoms with van der Waals surface area (Å²) in [4.78, 5) is 0.283. The number of nitrogens with zero attached hydrogens (tertiary/aromatic N) is 2. The topological polar surface area (TPSA) is 71.8 Å². The van der Waals surface area contributed by atoms with Gasteiger partial charge in [-0.3, -0.25) is 0 Å². The largest absolute Gasteiger partial charge is 0.390 e. The summed E-state index contributed by atoms with van der Waals surface area (Å²) in [6.45, 7) is 0.762. The van der Waals surface area contributed by atoms with Gasteiger partial charge in [0.25, 0.3) is 0 Å². The summed E-state index contributed by atoms with van der Waals surface area (Å²) in [6.07, 6.45) is 4.48. The van der Waals surface area contributed by atoms with Gasteiger partial charge in [0.15, 0.2) is 0 Å². The molecule has 2 heterocycles. The lowest BCUT2D eigenvalue weighted by atomic mass is 10.3. The molecular formula is C13H20N2O4S. The molecule has 1 aliphatic carbocycles. The molecule has 0 radical (unpaired) electrons. The number of ether oxygens (including phenoxy) is 1. The Morgan fingerprint density at radius 3 is 2.70 bits per heavy atom. The average Bonchev–Trinajstić information content (AvgIpc) is 3.01. The van der Waals surface area contributed by atoms with Gasteiger partial charge in [0, 0.05) is 38.1 Å². The standard InChI is InChI=1S/C13H20N2O4S/c1-19-12-4-5-14(7-12)20(17,18)13-6-11(9-16)15(8-13)10-2-3-10/h6,8,10,12,16H,2-5,7,9H2,1H3. The monoisotopic (exact) mass is 300 g/mol. The lowest BCUT2D eigenvalue weighted by Crippen LogP contribution is -2.29. The van der Waals surface area contributed by atoms with E-state index in [9.17, 15) is 13.5 Å². The zero-order valence-electron chi connectivity index (χ0n) is 11.5. The molecule has 1 unspecified atom stereocenters. The molecule has 20 heavy (non-hydrogen) atoms. The Kier molecular flexibility index (Phi) is 3.62. The van der Waals surface area contributed by atoms with Crippen LogP contribution in [0.15, 0.2) is 17.2 Å². The third-order valence-electron chi connectivity index (χ3n) is 4.09. The van der Waals surface area contributed by atoms with E-state index in [4.69, 9.17) is 4.74 Å². The number of hydrogen-bond donors (Lipinski definition) is 1. The van der Waals surface area contributed by atoms with Crippen LogP contribution in [0.2, 0.25) is 0 Å². The van der Waals surface area contributed by atoms with Crippen LogP contribution >= 0.6 is 0 Å². The second-order valence-corrected chi connectivity index (χ2v) is 7.41. The van der Waals surface area contributed by atoms with Crippen LogP contribution in [0.25, 0.3) is 0 Å². The predicted molar refractivity (Wildman–Crippen MR) is 72.8 cm³/mol. The first-order chi connectivity index (χ1) is 9.56. The van der Waals surface area contributed by atoms with E-state index in [1.165, 1.54) is 4.31 Å². The Morgan fingerprint density at radius 1 is 1.40 bits per heavy atom. The number of methoxy groups -OCH3 is 1. The minimum atomic E-state index is -3.48. The van der Waals surface area contributed by atoms with Crippen molar-refractivity contribution in [2.75, 3.05) is 20.2 Å². The van der Waals surface area contributed by atoms with E-state index in [2.05, 4.69) is 0 Å². The van der Waals surface area contributed by atoms with Gasteiger partial charge < -0.3 is 14.4 Å². The fourth-order valence-electron chi connectivity index (χ4n) is 2.71. The van der Waals surface area contributed by atoms with Crippen LogP contribution in [0.4, 0.5) is 0 Å². The van der Waals surface area contributed by atoms with Gasteiger partial charge in [0.2, 0.25) is 10.0 Å². The van der Waals surface area contributed by atoms with Crippen LogP contribution in [0.1, 0.15) is 31.0 Å². The summed E-state index contributed by atoms with van der Waals surface area (Å²) in [5.41, 5.74) is 0.675. The molecule has 1 saturated carbocycles. The zero-order valence-corrected chi connectivity index (χ0v) is 12.3. The maximum Gasteiger partial charge on any atom is 0.244 e. The Labute approximate surface area is 119 Å². The summed E-state index contributed by atoms with van der Waals surface area (Å²) in [6, 6.07) is 1.94. The van der Waals surface area contributed by atoms with Gasteiger partial charge >= 0.3 is 0 Å². The Morgan fingerprint density at radius 2 is 2.15 bits per heavy atom. The highest BCUT2D eigenvalue weighted by Gasteiger charge is 2.35. The lowest BCUT2D eigenvalue weighted by molar-refractivity contribution is 0.115. The molecule has 0 amide bonds. The van der Waals surface area contributed by atoms with Crippen molar-refractivity contribution >= 4 is 10.0 Å². The maximum atomic E-state index is 12.6. The minimum absolute atomic E-state index is 0.0207. The molecule has 112 valence electrons. The molecule has 1 aromatic heterocycles. The fourth-order valence-corrected chi connectivity index (χ4v) is 4.25. The van der Waals surface area contributed by atoms with Crippen molar-refractivity contribution in [3.05, 3.63) is 18.0 Å². The second kappa shape index (κ2) is 5.14. The van der Waals surface area contributed by atoms with Crippen molar-refractivity contribution in [2.45, 2.75) is 42.9 Å². The van der Waals surface area contributed by atoms with E-state index in [0.717, 1.165) is 19.3 Å². The van der Waals surface area contributed by atoms with E-state index in [1.54, 1.807) is 19.4 Å². The van der Waals surface area contributed by atoms with Gasteiger partial charge in [0.1, 0.15) is 4.90 Å². The smallest absolute Gasteiger partial charge is 0.244 e. The SMILES string of the molecule is COC1CCN(S(=O)(=O)c2cc(CO)n(C3CC3)c2)C1. The van der Waals surface area contributed by atoms with Gasteiger partial charge in [-0.25, -0.2) is 8.42 Å². The van der Waals surface area contributed by atoms with Gasteiger partial charge in [-0.05, 0) is 25.3 Å². The number of aliphatic hydroxyl groups excluding tert-OH is 1. The number of aromatic nitrogens is 1. The number of aliphatic hydroxyl groups is 1. The Bertz CT molecular complexity index is 592. The Balaban J connectivity index is 1.87. The van der Waals surface area contributed by atoms with Crippen molar-refractivity contribution in [1.82, 2.24) is 8.87 Å². The van der Waals surface area contributed by atoms with Crippen LogP contribution in [-0.2, 0) is 21.4 Å². The van der Waals surface area contributed by atoms with Crippen LogP contribution in [-0.4, -0.2) is 48.7 Å². The fraction of sp³-hybridized carbons (Fsp3) is 0.692. The van der Waals surface area contributed by atoms with E-state index in [1.807, 2.05) is 4.57 Å². The molecule has 1 atom stereocenters. The molecule has 3 rings (SSSR count). The van der Waals surface area contributed by atoms with E-state index in [-0.39, 0.29) is 17.6 Å². The van der Waals surface area contributed by atoms with Gasteiger partial charge in [-0.1, -0.05) is 0 Å². The molecule has 2 aliphatic rings. The number of sulfonamides is 1. The third kappa shape index (κ3) is 2.39. The first-order valence-corrected chi connectivity index (χ1v) is 8.35. The molecule has 1 aromatic rings. The van der Waals surface area contributed by atoms with Gasteiger partial charge in [-0.15, -0.1) is 0 Å². The highest BCUT2D eigenvalue weighted by atomic mass is 32.2. The first kappa shape index (κ1) is 14.1. The highest BCUT2D eigenvalue weighted by Crippen LogP contribution is 2.37. The van der Waals surface area contributed by atoms with Crippen LogP contribution in [0.3, 0.4) is 0 Å². The number of rotatable bonds is 5. The lowest BCUT2D eigenvalue weighted by Gasteiger charge is -2.15. The Hall–Kier alpha value is -0.890. The molecule has 1 aliphatic heterocycles. The first-order valence-electron chi connectivity index (χ1n) is 6.91. The van der Waals surface area contributed by atoms with Crippen LogP contribution in [0.5, 0.6) is 0 Å². The molecule has 0 bridgehead atoms. The molecular weight excluding hydrogens is 280 g/mol. The molecule has 7 heteroatoms. The summed E-state index contributed by atoms with van der Waals surface area (Å²) >= 11 is 0. The molecule has 1 N–H and O–H groups in total. The van der Waals surface area contributed by atoms with E-state index in [0.29, 0.717) is 24.8 Å². The second-order valence-electron chi connectivity index (χ2n) is 5.47. The maximum absolute atomic E-state index is 12.6. The zero-order chi connectivity index (χ0) is 14.3. The molecule has 0 aromatic carbocycles. The predicted octanol–water partition coefficient (Wildman–Crippen LogP) is 0.725. The van der Waals surface area contributed by atoms with Crippen molar-refractivity contribution in [3.63, 3.8) is 0 Å². The number of hydrogen-bond acceptors (Lipinski definition) is 4. The van der Waals surface area contributed by atoms with Crippen LogP contribution in [0, 0.1) is 0 Å². The van der Waals surface area contributed by atoms with E-state index < -0.39 is 10.0 Å². The van der Waals surface area contributed by atoms with E-state index >= 15 is 0 Å². The molecule has 1 saturated heterocycles. The normalized spacial score (nSPS) is 24.4. The van der Waals surface area contributed by atoms with Gasteiger partial charge in [0.05, 0.1) is 12.7 Å². The summed E-state index contributed by atoms with van der Waals surface area (Å²) in [5.74, 6) is 0. The quantitative estimate of drug-likeness (QED) is 0.870. The molecule has 2 fully saturated rings. The van der Waals surface area contributed by atoms with Crippen molar-refractivity contribution in [2.24, 2.45) is 0 Å². The van der Waals surface area contributed by atoms with Crippen LogP contribution < -0.4 is 0 Å². The molecule has 6 nitrogen and oxygen atoms in total. The van der Waals surface area contributed by atoms with Crippen molar-refractivity contribution in [1.29, 1.82) is 0 Å². The summed E-state index contributed by atoms with van der Waals surface area (Å²) in [7, 11) is -1.87. The van der Waals surface area contributed by atoms with Crippen molar-refractivity contribution in [3.8, 4) is 0 Å². The molecule has 0 spiro atoms. The summed E-state index contributed by atoms with van der Waals surface area (Å²) in [5, 5.41) is 9.37. The average molecular weight is 300 g/mol. The highest BCUT2D eigenvalue weighted by molar-refractivity contribution is 7.89. The third-order valence-corrected chi connectivity index (χ3v) is 5.92. The minimum Gasteiger partial charge on any atom is -0.390 e. The van der Waals surface area contributed by atoms with Gasteiger partial charge in [-0.2, -0.15) is 4.31 Å².